The van der Waals surface area contributed by atoms with Gasteiger partial charge in [0.2, 0.25) is 5.91 Å². The van der Waals surface area contributed by atoms with Gasteiger partial charge >= 0.3 is 0 Å². The van der Waals surface area contributed by atoms with Gasteiger partial charge in [-0.25, -0.2) is 4.98 Å². The van der Waals surface area contributed by atoms with Gasteiger partial charge in [0.15, 0.2) is 0 Å². The molecule has 1 atom stereocenters. The van der Waals surface area contributed by atoms with Crippen molar-refractivity contribution < 1.29 is 9.53 Å². The van der Waals surface area contributed by atoms with E-state index >= 15 is 0 Å². The van der Waals surface area contributed by atoms with Gasteiger partial charge in [0.25, 0.3) is 0 Å². The van der Waals surface area contributed by atoms with E-state index in [4.69, 9.17) is 4.74 Å². The lowest BCUT2D eigenvalue weighted by molar-refractivity contribution is -0.134. The minimum Gasteiger partial charge on any atom is -0.383 e. The summed E-state index contributed by atoms with van der Waals surface area (Å²) in [5.74, 6) is 1.36. The third-order valence-corrected chi connectivity index (χ3v) is 4.91. The fraction of sp³-hybridized carbons (Fsp3) is 0.706. The molecule has 0 radical (unpaired) electrons. The van der Waals surface area contributed by atoms with Crippen LogP contribution in [0.4, 0.5) is 5.82 Å². The molecular formula is C17H27N5O2. The van der Waals surface area contributed by atoms with Crippen LogP contribution in [-0.4, -0.2) is 85.2 Å². The number of likely N-dealkylation sites (tertiary alicyclic amines) is 1. The summed E-state index contributed by atoms with van der Waals surface area (Å²) in [5, 5.41) is 0. The maximum absolute atomic E-state index is 12.8. The first-order chi connectivity index (χ1) is 11.8. The number of aromatic nitrogens is 2. The van der Waals surface area contributed by atoms with E-state index in [0.29, 0.717) is 5.91 Å². The lowest BCUT2D eigenvalue weighted by Crippen LogP contribution is -2.40. The van der Waals surface area contributed by atoms with E-state index in [1.807, 2.05) is 4.90 Å². The van der Waals surface area contributed by atoms with Crippen molar-refractivity contribution in [2.24, 2.45) is 5.92 Å². The molecule has 3 rings (SSSR count). The molecule has 7 heteroatoms. The van der Waals surface area contributed by atoms with Crippen LogP contribution in [0.1, 0.15) is 12.8 Å². The minimum absolute atomic E-state index is 0.143. The van der Waals surface area contributed by atoms with Gasteiger partial charge in [0, 0.05) is 58.8 Å². The Labute approximate surface area is 143 Å². The molecule has 0 bridgehead atoms. The Kier molecular flexibility index (Phi) is 5.98. The molecular weight excluding hydrogens is 306 g/mol. The SMILES string of the molecule is COCCN1CCC(C(=O)N2CCCN(c3cnccn3)CC2)C1. The molecule has 2 saturated heterocycles. The highest BCUT2D eigenvalue weighted by atomic mass is 16.5. The van der Waals surface area contributed by atoms with Gasteiger partial charge < -0.3 is 19.4 Å². The van der Waals surface area contributed by atoms with Crippen molar-refractivity contribution in [1.29, 1.82) is 0 Å². The first kappa shape index (κ1) is 17.1. The topological polar surface area (TPSA) is 61.8 Å². The van der Waals surface area contributed by atoms with E-state index in [9.17, 15) is 4.79 Å². The van der Waals surface area contributed by atoms with E-state index < -0.39 is 0 Å². The van der Waals surface area contributed by atoms with Crippen molar-refractivity contribution in [3.8, 4) is 0 Å². The third kappa shape index (κ3) is 4.21. The number of amides is 1. The summed E-state index contributed by atoms with van der Waals surface area (Å²) in [6, 6.07) is 0. The highest BCUT2D eigenvalue weighted by molar-refractivity contribution is 5.79. The molecule has 2 fully saturated rings. The van der Waals surface area contributed by atoms with Crippen LogP contribution in [0, 0.1) is 5.92 Å². The van der Waals surface area contributed by atoms with Crippen LogP contribution in [0.15, 0.2) is 18.6 Å². The second kappa shape index (κ2) is 8.39. The standard InChI is InChI=1S/C17H27N5O2/c1-24-12-11-20-8-3-15(14-20)17(23)22-7-2-6-21(9-10-22)16-13-18-4-5-19-16/h4-5,13,15H,2-3,6-12,14H2,1H3. The van der Waals surface area contributed by atoms with E-state index in [2.05, 4.69) is 19.8 Å². The zero-order valence-electron chi connectivity index (χ0n) is 14.4. The van der Waals surface area contributed by atoms with Crippen molar-refractivity contribution in [1.82, 2.24) is 19.8 Å². The fourth-order valence-corrected chi connectivity index (χ4v) is 3.54. The summed E-state index contributed by atoms with van der Waals surface area (Å²) in [4.78, 5) is 27.9. The zero-order valence-corrected chi connectivity index (χ0v) is 14.4. The van der Waals surface area contributed by atoms with Gasteiger partial charge in [-0.05, 0) is 19.4 Å². The average molecular weight is 333 g/mol. The van der Waals surface area contributed by atoms with Gasteiger partial charge in [0.05, 0.1) is 18.7 Å². The summed E-state index contributed by atoms with van der Waals surface area (Å²) in [5.41, 5.74) is 0. The molecule has 1 unspecified atom stereocenters. The largest absolute Gasteiger partial charge is 0.383 e. The minimum atomic E-state index is 0.143. The number of carbonyl (C=O) groups excluding carboxylic acids is 1. The van der Waals surface area contributed by atoms with E-state index in [1.165, 1.54) is 0 Å². The van der Waals surface area contributed by atoms with E-state index in [0.717, 1.165) is 71.1 Å². The average Bonchev–Trinajstić information content (AvgIpc) is 2.96. The monoisotopic (exact) mass is 333 g/mol. The molecule has 0 aliphatic carbocycles. The number of methoxy groups -OCH3 is 1. The number of ether oxygens (including phenoxy) is 1. The van der Waals surface area contributed by atoms with Crippen LogP contribution < -0.4 is 4.90 Å². The molecule has 2 aliphatic heterocycles. The molecule has 132 valence electrons. The summed E-state index contributed by atoms with van der Waals surface area (Å²) in [7, 11) is 1.72. The number of nitrogens with zero attached hydrogens (tertiary/aromatic N) is 5. The van der Waals surface area contributed by atoms with Crippen molar-refractivity contribution in [2.75, 3.05) is 64.4 Å². The van der Waals surface area contributed by atoms with Crippen LogP contribution in [0.3, 0.4) is 0 Å². The Morgan fingerprint density at radius 2 is 2.17 bits per heavy atom. The number of carbonyl (C=O) groups is 1. The third-order valence-electron chi connectivity index (χ3n) is 4.91. The maximum atomic E-state index is 12.8. The Morgan fingerprint density at radius 1 is 1.25 bits per heavy atom. The molecule has 1 amide bonds. The van der Waals surface area contributed by atoms with Crippen molar-refractivity contribution in [3.63, 3.8) is 0 Å². The van der Waals surface area contributed by atoms with Crippen LogP contribution >= 0.6 is 0 Å². The van der Waals surface area contributed by atoms with E-state index in [-0.39, 0.29) is 5.92 Å². The number of rotatable bonds is 5. The molecule has 0 saturated carbocycles. The Balaban J connectivity index is 1.52. The number of hydrogen-bond acceptors (Lipinski definition) is 6. The number of anilines is 1. The van der Waals surface area contributed by atoms with Gasteiger partial charge in [-0.2, -0.15) is 0 Å². The van der Waals surface area contributed by atoms with Gasteiger partial charge in [-0.15, -0.1) is 0 Å². The molecule has 2 aliphatic rings. The summed E-state index contributed by atoms with van der Waals surface area (Å²) in [6.07, 6.45) is 7.14. The van der Waals surface area contributed by atoms with E-state index in [1.54, 1.807) is 25.7 Å². The highest BCUT2D eigenvalue weighted by Crippen LogP contribution is 2.20. The summed E-state index contributed by atoms with van der Waals surface area (Å²) >= 11 is 0. The van der Waals surface area contributed by atoms with Crippen LogP contribution in [0.2, 0.25) is 0 Å². The number of hydrogen-bond donors (Lipinski definition) is 0. The first-order valence-corrected chi connectivity index (χ1v) is 8.79. The van der Waals surface area contributed by atoms with Gasteiger partial charge in [-0.3, -0.25) is 9.78 Å². The van der Waals surface area contributed by atoms with Crippen molar-refractivity contribution in [2.45, 2.75) is 12.8 Å². The fourth-order valence-electron chi connectivity index (χ4n) is 3.54. The normalized spacial score (nSPS) is 22.6. The second-order valence-electron chi connectivity index (χ2n) is 6.51. The molecule has 0 aromatic carbocycles. The molecule has 7 nitrogen and oxygen atoms in total. The summed E-state index contributed by atoms with van der Waals surface area (Å²) < 4.78 is 5.13. The Hall–Kier alpha value is -1.73. The Morgan fingerprint density at radius 3 is 2.96 bits per heavy atom. The van der Waals surface area contributed by atoms with Crippen LogP contribution in [0.5, 0.6) is 0 Å². The maximum Gasteiger partial charge on any atom is 0.227 e. The van der Waals surface area contributed by atoms with Crippen molar-refractivity contribution >= 4 is 11.7 Å². The lowest BCUT2D eigenvalue weighted by Gasteiger charge is -2.25. The predicted octanol–water partition coefficient (Wildman–Crippen LogP) is 0.484. The zero-order chi connectivity index (χ0) is 16.8. The van der Waals surface area contributed by atoms with Gasteiger partial charge in [-0.1, -0.05) is 0 Å². The quantitative estimate of drug-likeness (QED) is 0.781. The summed E-state index contributed by atoms with van der Waals surface area (Å²) in [6.45, 7) is 6.87. The molecule has 1 aromatic heterocycles. The second-order valence-corrected chi connectivity index (χ2v) is 6.51. The lowest BCUT2D eigenvalue weighted by atomic mass is 10.1. The highest BCUT2D eigenvalue weighted by Gasteiger charge is 2.32. The molecule has 0 N–H and O–H groups in total. The van der Waals surface area contributed by atoms with Gasteiger partial charge in [0.1, 0.15) is 5.82 Å². The molecule has 1 aromatic rings. The smallest absolute Gasteiger partial charge is 0.227 e. The van der Waals surface area contributed by atoms with Crippen molar-refractivity contribution in [3.05, 3.63) is 18.6 Å². The molecule has 0 spiro atoms. The predicted molar refractivity (Wildman–Crippen MR) is 91.9 cm³/mol. The first-order valence-electron chi connectivity index (χ1n) is 8.79. The van der Waals surface area contributed by atoms with Crippen LogP contribution in [-0.2, 0) is 9.53 Å². The molecule has 24 heavy (non-hydrogen) atoms. The Bertz CT molecular complexity index is 527. The van der Waals surface area contributed by atoms with Crippen LogP contribution in [0.25, 0.3) is 0 Å². The molecule has 3 heterocycles.